The van der Waals surface area contributed by atoms with Gasteiger partial charge < -0.3 is 25.4 Å². The fourth-order valence-electron chi connectivity index (χ4n) is 7.00. The fourth-order valence-corrected chi connectivity index (χ4v) is 7.00. The number of rotatable bonds is 11. The lowest BCUT2D eigenvalue weighted by molar-refractivity contribution is -0.146. The number of aliphatic hydroxyl groups excluding tert-OH is 1. The van der Waals surface area contributed by atoms with Crippen molar-refractivity contribution in [3.63, 3.8) is 0 Å². The highest BCUT2D eigenvalue weighted by molar-refractivity contribution is 5.99. The highest BCUT2D eigenvalue weighted by Crippen LogP contribution is 2.63. The Hall–Kier alpha value is -1.67. The lowest BCUT2D eigenvalue weighted by atomic mass is 9.66. The minimum absolute atomic E-state index is 0.106. The Balaban J connectivity index is 1.59. The third kappa shape index (κ3) is 4.48. The smallest absolute Gasteiger partial charge is 0.246 e. The lowest BCUT2D eigenvalue weighted by Gasteiger charge is -2.35. The minimum Gasteiger partial charge on any atom is -0.396 e. The summed E-state index contributed by atoms with van der Waals surface area (Å²) < 4.78 is 6.64. The first-order chi connectivity index (χ1) is 16.4. The first kappa shape index (κ1) is 25.4. The SMILES string of the molecule is CCCNC(=O)[C@H]1[C@H]2C(=O)N(CCCCCCO)C(C(=O)NC3CCCCC3)C23CC[C@]1(C)O3. The van der Waals surface area contributed by atoms with Gasteiger partial charge in [0, 0.05) is 25.7 Å². The summed E-state index contributed by atoms with van der Waals surface area (Å²) in [5.74, 6) is -1.52. The maximum Gasteiger partial charge on any atom is 0.246 e. The van der Waals surface area contributed by atoms with Crippen molar-refractivity contribution in [1.82, 2.24) is 15.5 Å². The van der Waals surface area contributed by atoms with Crippen LogP contribution in [-0.2, 0) is 19.1 Å². The number of hydrogen-bond acceptors (Lipinski definition) is 5. The molecule has 3 aliphatic heterocycles. The lowest BCUT2D eigenvalue weighted by Crippen LogP contribution is -2.57. The molecule has 0 radical (unpaired) electrons. The standard InChI is InChI=1S/C26H43N3O5/c1-3-15-27-22(31)19-20-24(33)29(16-9-4-5-10-17-30)21(26(20)14-13-25(19,2)34-26)23(32)28-18-11-7-6-8-12-18/h18-21,30H,3-17H2,1-2H3,(H,27,31)(H,28,32)/t19-,20+,21?,25+,26?/m1/s1. The zero-order valence-corrected chi connectivity index (χ0v) is 20.9. The van der Waals surface area contributed by atoms with E-state index in [0.717, 1.165) is 57.8 Å². The van der Waals surface area contributed by atoms with Crippen molar-refractivity contribution < 1.29 is 24.2 Å². The van der Waals surface area contributed by atoms with Gasteiger partial charge in [-0.2, -0.15) is 0 Å². The second kappa shape index (κ2) is 10.5. The Kier molecular flexibility index (Phi) is 7.87. The molecule has 3 heterocycles. The van der Waals surface area contributed by atoms with Crippen LogP contribution >= 0.6 is 0 Å². The first-order valence-electron chi connectivity index (χ1n) is 13.6. The molecular weight excluding hydrogens is 434 g/mol. The molecule has 3 N–H and O–H groups in total. The Bertz CT molecular complexity index is 770. The van der Waals surface area contributed by atoms with E-state index >= 15 is 0 Å². The summed E-state index contributed by atoms with van der Waals surface area (Å²) in [7, 11) is 0. The Morgan fingerprint density at radius 1 is 1.09 bits per heavy atom. The number of unbranched alkanes of at least 4 members (excludes halogenated alkanes) is 3. The average molecular weight is 478 g/mol. The molecule has 4 aliphatic rings. The number of hydrogen-bond donors (Lipinski definition) is 3. The topological polar surface area (TPSA) is 108 Å². The largest absolute Gasteiger partial charge is 0.396 e. The molecule has 8 nitrogen and oxygen atoms in total. The molecule has 4 rings (SSSR count). The number of nitrogens with zero attached hydrogens (tertiary/aromatic N) is 1. The predicted molar refractivity (Wildman–Crippen MR) is 128 cm³/mol. The van der Waals surface area contributed by atoms with E-state index in [0.29, 0.717) is 25.9 Å². The van der Waals surface area contributed by atoms with E-state index in [1.54, 1.807) is 4.90 Å². The van der Waals surface area contributed by atoms with Gasteiger partial charge in [0.2, 0.25) is 17.7 Å². The highest BCUT2D eigenvalue weighted by atomic mass is 16.5. The van der Waals surface area contributed by atoms with Gasteiger partial charge in [-0.05, 0) is 51.9 Å². The molecule has 0 aromatic rings. The Morgan fingerprint density at radius 2 is 1.82 bits per heavy atom. The zero-order chi connectivity index (χ0) is 24.3. The second-order valence-electron chi connectivity index (χ2n) is 11.0. The number of carbonyl (C=O) groups excluding carboxylic acids is 3. The third-order valence-electron chi connectivity index (χ3n) is 8.62. The van der Waals surface area contributed by atoms with Gasteiger partial charge in [0.05, 0.1) is 17.4 Å². The zero-order valence-electron chi connectivity index (χ0n) is 20.9. The Morgan fingerprint density at radius 3 is 2.53 bits per heavy atom. The van der Waals surface area contributed by atoms with Crippen molar-refractivity contribution in [3.05, 3.63) is 0 Å². The van der Waals surface area contributed by atoms with Crippen LogP contribution in [0.4, 0.5) is 0 Å². The van der Waals surface area contributed by atoms with Gasteiger partial charge >= 0.3 is 0 Å². The fraction of sp³-hybridized carbons (Fsp3) is 0.885. The van der Waals surface area contributed by atoms with Gasteiger partial charge in [-0.15, -0.1) is 0 Å². The maximum atomic E-state index is 13.9. The summed E-state index contributed by atoms with van der Waals surface area (Å²) in [5, 5.41) is 15.3. The molecule has 0 aromatic heterocycles. The molecule has 1 saturated carbocycles. The predicted octanol–water partition coefficient (Wildman–Crippen LogP) is 2.28. The molecule has 4 fully saturated rings. The first-order valence-corrected chi connectivity index (χ1v) is 13.6. The van der Waals surface area contributed by atoms with Gasteiger partial charge in [0.15, 0.2) is 0 Å². The molecule has 2 unspecified atom stereocenters. The van der Waals surface area contributed by atoms with Crippen molar-refractivity contribution in [2.45, 2.75) is 114 Å². The Labute approximate surface area is 203 Å². The van der Waals surface area contributed by atoms with Crippen LogP contribution in [-0.4, -0.2) is 70.7 Å². The van der Waals surface area contributed by atoms with Crippen LogP contribution in [0.25, 0.3) is 0 Å². The molecule has 1 spiro atoms. The van der Waals surface area contributed by atoms with Crippen molar-refractivity contribution >= 4 is 17.7 Å². The second-order valence-corrected chi connectivity index (χ2v) is 11.0. The van der Waals surface area contributed by atoms with Gasteiger partial charge in [0.1, 0.15) is 11.6 Å². The van der Waals surface area contributed by atoms with E-state index in [1.807, 2.05) is 13.8 Å². The van der Waals surface area contributed by atoms with E-state index in [4.69, 9.17) is 9.84 Å². The van der Waals surface area contributed by atoms with Gasteiger partial charge in [-0.1, -0.05) is 39.0 Å². The van der Waals surface area contributed by atoms with E-state index < -0.39 is 29.1 Å². The number of ether oxygens (including phenoxy) is 1. The summed E-state index contributed by atoms with van der Waals surface area (Å²) in [4.78, 5) is 42.6. The van der Waals surface area contributed by atoms with Crippen molar-refractivity contribution in [1.29, 1.82) is 0 Å². The molecule has 2 bridgehead atoms. The molecule has 192 valence electrons. The highest BCUT2D eigenvalue weighted by Gasteiger charge is 2.77. The van der Waals surface area contributed by atoms with Crippen LogP contribution in [0, 0.1) is 11.8 Å². The summed E-state index contributed by atoms with van der Waals surface area (Å²) in [6, 6.07) is -0.536. The number of nitrogens with one attached hydrogen (secondary N) is 2. The average Bonchev–Trinajstić information content (AvgIpc) is 3.39. The normalized spacial score (nSPS) is 35.0. The van der Waals surface area contributed by atoms with Crippen LogP contribution in [0.1, 0.15) is 90.9 Å². The van der Waals surface area contributed by atoms with Crippen LogP contribution < -0.4 is 10.6 Å². The quantitative estimate of drug-likeness (QED) is 0.396. The van der Waals surface area contributed by atoms with Crippen molar-refractivity contribution in [2.24, 2.45) is 11.8 Å². The molecule has 8 heteroatoms. The number of aliphatic hydroxyl groups is 1. The minimum atomic E-state index is -0.927. The van der Waals surface area contributed by atoms with Gasteiger partial charge in [-0.25, -0.2) is 0 Å². The van der Waals surface area contributed by atoms with Crippen LogP contribution in [0.3, 0.4) is 0 Å². The van der Waals surface area contributed by atoms with Crippen LogP contribution in [0.15, 0.2) is 0 Å². The third-order valence-corrected chi connectivity index (χ3v) is 8.62. The summed E-state index contributed by atoms with van der Waals surface area (Å²) >= 11 is 0. The summed E-state index contributed by atoms with van der Waals surface area (Å²) in [6.07, 6.45) is 10.8. The summed E-state index contributed by atoms with van der Waals surface area (Å²) in [6.45, 7) is 5.17. The van der Waals surface area contributed by atoms with E-state index in [-0.39, 0.29) is 30.4 Å². The van der Waals surface area contributed by atoms with Crippen molar-refractivity contribution in [3.8, 4) is 0 Å². The number of likely N-dealkylation sites (tertiary alicyclic amines) is 1. The van der Waals surface area contributed by atoms with E-state index in [2.05, 4.69) is 10.6 Å². The van der Waals surface area contributed by atoms with Crippen LogP contribution in [0.2, 0.25) is 0 Å². The van der Waals surface area contributed by atoms with Gasteiger partial charge in [0.25, 0.3) is 0 Å². The molecule has 3 amide bonds. The summed E-state index contributed by atoms with van der Waals surface area (Å²) in [5.41, 5.74) is -1.64. The molecule has 3 saturated heterocycles. The maximum absolute atomic E-state index is 13.9. The van der Waals surface area contributed by atoms with E-state index in [1.165, 1.54) is 6.42 Å². The molecule has 34 heavy (non-hydrogen) atoms. The van der Waals surface area contributed by atoms with Gasteiger partial charge in [-0.3, -0.25) is 14.4 Å². The molecule has 0 aromatic carbocycles. The molecule has 1 aliphatic carbocycles. The van der Waals surface area contributed by atoms with Crippen LogP contribution in [0.5, 0.6) is 0 Å². The monoisotopic (exact) mass is 477 g/mol. The number of amides is 3. The molecule has 5 atom stereocenters. The number of carbonyl (C=O) groups is 3. The number of fused-ring (bicyclic) bond motifs is 1. The molecular formula is C26H43N3O5. The van der Waals surface area contributed by atoms with Crippen molar-refractivity contribution in [2.75, 3.05) is 19.7 Å². The van der Waals surface area contributed by atoms with E-state index in [9.17, 15) is 14.4 Å².